The molecule has 0 aromatic heterocycles. The standard InChI is InChI=1S/C23H30N2O4S/c1-17-7-5-6-10-21(17)25-30(28,29)20-13-11-19(12-14-20)23(27)24-22(15-16-26)18-8-3-2-4-9-18/h5-7,10-14,18,22,25-26H,2-4,8-9,15-16H2,1H3,(H,24,27)/t22-/m1/s1. The lowest BCUT2D eigenvalue weighted by Crippen LogP contribution is -2.41. The van der Waals surface area contributed by atoms with Crippen LogP contribution in [-0.2, 0) is 10.0 Å². The number of aryl methyl sites for hydroxylation is 1. The SMILES string of the molecule is Cc1ccccc1NS(=O)(=O)c1ccc(C(=O)N[C@H](CCO)C2CCCCC2)cc1. The molecule has 0 unspecified atom stereocenters. The van der Waals surface area contributed by atoms with Crippen LogP contribution in [0.15, 0.2) is 53.4 Å². The van der Waals surface area contributed by atoms with Crippen LogP contribution in [0.4, 0.5) is 5.69 Å². The van der Waals surface area contributed by atoms with Gasteiger partial charge < -0.3 is 10.4 Å². The van der Waals surface area contributed by atoms with Crippen LogP contribution in [0.3, 0.4) is 0 Å². The van der Waals surface area contributed by atoms with Crippen molar-refractivity contribution >= 4 is 21.6 Å². The first-order valence-corrected chi connectivity index (χ1v) is 12.0. The number of aliphatic hydroxyl groups excluding tert-OH is 1. The number of carbonyl (C=O) groups excluding carboxylic acids is 1. The zero-order chi connectivity index (χ0) is 21.6. The number of hydrogen-bond acceptors (Lipinski definition) is 4. The maximum atomic E-state index is 12.7. The highest BCUT2D eigenvalue weighted by molar-refractivity contribution is 7.92. The van der Waals surface area contributed by atoms with E-state index in [2.05, 4.69) is 10.0 Å². The number of carbonyl (C=O) groups is 1. The van der Waals surface area contributed by atoms with E-state index in [1.807, 2.05) is 19.1 Å². The van der Waals surface area contributed by atoms with Gasteiger partial charge in [-0.05, 0) is 68.0 Å². The fourth-order valence-electron chi connectivity index (χ4n) is 4.03. The molecule has 30 heavy (non-hydrogen) atoms. The molecule has 162 valence electrons. The number of aliphatic hydroxyl groups is 1. The second-order valence-electron chi connectivity index (χ2n) is 7.94. The van der Waals surface area contributed by atoms with Crippen LogP contribution in [-0.4, -0.2) is 32.1 Å². The summed E-state index contributed by atoms with van der Waals surface area (Å²) in [6, 6.07) is 13.0. The van der Waals surface area contributed by atoms with Crippen molar-refractivity contribution in [1.82, 2.24) is 5.32 Å². The first-order chi connectivity index (χ1) is 14.4. The van der Waals surface area contributed by atoms with Crippen molar-refractivity contribution in [2.24, 2.45) is 5.92 Å². The summed E-state index contributed by atoms with van der Waals surface area (Å²) in [6.07, 6.45) is 6.19. The Balaban J connectivity index is 1.69. The van der Waals surface area contributed by atoms with Gasteiger partial charge in [0.15, 0.2) is 0 Å². The van der Waals surface area contributed by atoms with E-state index in [1.165, 1.54) is 30.7 Å². The van der Waals surface area contributed by atoms with E-state index in [0.29, 0.717) is 23.6 Å². The number of anilines is 1. The third-order valence-corrected chi connectivity index (χ3v) is 7.17. The van der Waals surface area contributed by atoms with Crippen LogP contribution in [0.25, 0.3) is 0 Å². The molecule has 0 spiro atoms. The molecule has 2 aromatic rings. The molecule has 0 radical (unpaired) electrons. The van der Waals surface area contributed by atoms with Crippen molar-refractivity contribution in [3.8, 4) is 0 Å². The maximum Gasteiger partial charge on any atom is 0.261 e. The fraction of sp³-hybridized carbons (Fsp3) is 0.435. The van der Waals surface area contributed by atoms with Gasteiger partial charge in [-0.1, -0.05) is 37.5 Å². The Bertz CT molecular complexity index is 951. The lowest BCUT2D eigenvalue weighted by molar-refractivity contribution is 0.0899. The Hall–Kier alpha value is -2.38. The zero-order valence-corrected chi connectivity index (χ0v) is 18.1. The molecule has 7 heteroatoms. The van der Waals surface area contributed by atoms with Gasteiger partial charge >= 0.3 is 0 Å². The number of hydrogen-bond donors (Lipinski definition) is 3. The molecule has 0 bridgehead atoms. The number of rotatable bonds is 8. The van der Waals surface area contributed by atoms with Gasteiger partial charge in [-0.15, -0.1) is 0 Å². The Kier molecular flexibility index (Phi) is 7.50. The molecule has 1 saturated carbocycles. The minimum atomic E-state index is -3.74. The van der Waals surface area contributed by atoms with Crippen molar-refractivity contribution in [3.05, 3.63) is 59.7 Å². The summed E-state index contributed by atoms with van der Waals surface area (Å²) in [4.78, 5) is 12.8. The van der Waals surface area contributed by atoms with E-state index >= 15 is 0 Å². The summed E-state index contributed by atoms with van der Waals surface area (Å²) in [5, 5.41) is 12.4. The highest BCUT2D eigenvalue weighted by Crippen LogP contribution is 2.28. The van der Waals surface area contributed by atoms with E-state index in [1.54, 1.807) is 12.1 Å². The summed E-state index contributed by atoms with van der Waals surface area (Å²) in [5.74, 6) is 0.141. The second-order valence-corrected chi connectivity index (χ2v) is 9.62. The van der Waals surface area contributed by atoms with Gasteiger partial charge in [-0.2, -0.15) is 0 Å². The molecule has 0 heterocycles. The molecule has 1 aliphatic carbocycles. The molecular formula is C23H30N2O4S. The average Bonchev–Trinajstić information content (AvgIpc) is 2.75. The van der Waals surface area contributed by atoms with E-state index in [0.717, 1.165) is 31.2 Å². The molecule has 6 nitrogen and oxygen atoms in total. The minimum absolute atomic E-state index is 0.0310. The van der Waals surface area contributed by atoms with Gasteiger partial charge in [0, 0.05) is 18.2 Å². The van der Waals surface area contributed by atoms with Crippen LogP contribution in [0.2, 0.25) is 0 Å². The first-order valence-electron chi connectivity index (χ1n) is 10.5. The number of nitrogens with one attached hydrogen (secondary N) is 2. The van der Waals surface area contributed by atoms with Crippen molar-refractivity contribution in [2.75, 3.05) is 11.3 Å². The molecule has 3 rings (SSSR count). The zero-order valence-electron chi connectivity index (χ0n) is 17.3. The fourth-order valence-corrected chi connectivity index (χ4v) is 5.16. The van der Waals surface area contributed by atoms with Crippen LogP contribution in [0, 0.1) is 12.8 Å². The molecule has 1 atom stereocenters. The smallest absolute Gasteiger partial charge is 0.261 e. The average molecular weight is 431 g/mol. The molecule has 0 saturated heterocycles. The number of para-hydroxylation sites is 1. The lowest BCUT2D eigenvalue weighted by atomic mass is 9.82. The summed E-state index contributed by atoms with van der Waals surface area (Å²) >= 11 is 0. The summed E-state index contributed by atoms with van der Waals surface area (Å²) in [7, 11) is -3.74. The van der Waals surface area contributed by atoms with Gasteiger partial charge in [-0.25, -0.2) is 8.42 Å². The van der Waals surface area contributed by atoms with E-state index in [4.69, 9.17) is 0 Å². The van der Waals surface area contributed by atoms with Gasteiger partial charge in [0.1, 0.15) is 0 Å². The topological polar surface area (TPSA) is 95.5 Å². The second kappa shape index (κ2) is 10.1. The van der Waals surface area contributed by atoms with Crippen molar-refractivity contribution in [1.29, 1.82) is 0 Å². The van der Waals surface area contributed by atoms with Crippen LogP contribution >= 0.6 is 0 Å². The van der Waals surface area contributed by atoms with Crippen LogP contribution in [0.5, 0.6) is 0 Å². The molecule has 1 amide bonds. The number of amides is 1. The highest BCUT2D eigenvalue weighted by atomic mass is 32.2. The monoisotopic (exact) mass is 430 g/mol. The van der Waals surface area contributed by atoms with Gasteiger partial charge in [0.25, 0.3) is 15.9 Å². The van der Waals surface area contributed by atoms with Crippen molar-refractivity contribution in [2.45, 2.75) is 56.4 Å². The molecule has 1 fully saturated rings. The molecule has 3 N–H and O–H groups in total. The predicted octanol–water partition coefficient (Wildman–Crippen LogP) is 3.86. The van der Waals surface area contributed by atoms with Gasteiger partial charge in [0.05, 0.1) is 10.6 Å². The Morgan fingerprint density at radius 3 is 2.37 bits per heavy atom. The van der Waals surface area contributed by atoms with E-state index in [9.17, 15) is 18.3 Å². The largest absolute Gasteiger partial charge is 0.396 e. The summed E-state index contributed by atoms with van der Waals surface area (Å²) in [5.41, 5.74) is 1.76. The third kappa shape index (κ3) is 5.61. The van der Waals surface area contributed by atoms with Crippen LogP contribution < -0.4 is 10.0 Å². The first kappa shape index (κ1) is 22.3. The normalized spacial score (nSPS) is 16.1. The Morgan fingerprint density at radius 2 is 1.73 bits per heavy atom. The van der Waals surface area contributed by atoms with E-state index < -0.39 is 10.0 Å². The van der Waals surface area contributed by atoms with Gasteiger partial charge in [-0.3, -0.25) is 9.52 Å². The predicted molar refractivity (Wildman–Crippen MR) is 118 cm³/mol. The quantitative estimate of drug-likeness (QED) is 0.593. The molecule has 0 aliphatic heterocycles. The van der Waals surface area contributed by atoms with Crippen molar-refractivity contribution < 1.29 is 18.3 Å². The highest BCUT2D eigenvalue weighted by Gasteiger charge is 2.25. The Morgan fingerprint density at radius 1 is 1.07 bits per heavy atom. The molecule has 2 aromatic carbocycles. The van der Waals surface area contributed by atoms with Gasteiger partial charge in [0.2, 0.25) is 0 Å². The maximum absolute atomic E-state index is 12.7. The molecular weight excluding hydrogens is 400 g/mol. The summed E-state index contributed by atoms with van der Waals surface area (Å²) < 4.78 is 27.9. The van der Waals surface area contributed by atoms with E-state index in [-0.39, 0.29) is 23.5 Å². The third-order valence-electron chi connectivity index (χ3n) is 5.79. The Labute approximate surface area is 178 Å². The number of sulfonamides is 1. The van der Waals surface area contributed by atoms with Crippen molar-refractivity contribution in [3.63, 3.8) is 0 Å². The lowest BCUT2D eigenvalue weighted by Gasteiger charge is -2.30. The van der Waals surface area contributed by atoms with Crippen LogP contribution in [0.1, 0.15) is 54.4 Å². The summed E-state index contributed by atoms with van der Waals surface area (Å²) in [6.45, 7) is 1.86. The molecule has 1 aliphatic rings. The number of benzene rings is 2. The minimum Gasteiger partial charge on any atom is -0.396 e.